The van der Waals surface area contributed by atoms with Crippen LogP contribution in [0, 0.1) is 5.92 Å². The lowest BCUT2D eigenvalue weighted by molar-refractivity contribution is -0.941. The highest BCUT2D eigenvalue weighted by atomic mass is 16.5. The predicted molar refractivity (Wildman–Crippen MR) is 202 cm³/mol. The molecule has 0 N–H and O–H groups in total. The van der Waals surface area contributed by atoms with Crippen LogP contribution in [0.3, 0.4) is 0 Å². The van der Waals surface area contributed by atoms with Crippen LogP contribution in [-0.2, 0) is 38.4 Å². The normalized spacial score (nSPS) is 22.2. The highest BCUT2D eigenvalue weighted by molar-refractivity contribution is 5.91. The van der Waals surface area contributed by atoms with E-state index in [-0.39, 0.29) is 18.6 Å². The van der Waals surface area contributed by atoms with E-state index in [2.05, 4.69) is 44.4 Å². The largest absolute Gasteiger partial charge is 0.497 e. The Balaban J connectivity index is 1.10. The lowest BCUT2D eigenvalue weighted by Crippen LogP contribution is -2.52. The maximum absolute atomic E-state index is 12.6. The maximum atomic E-state index is 12.6. The predicted octanol–water partition coefficient (Wildman–Crippen LogP) is 5.72. The Morgan fingerprint density at radius 3 is 2.06 bits per heavy atom. The molecule has 53 heavy (non-hydrogen) atoms. The Labute approximate surface area is 314 Å². The molecule has 0 spiro atoms. The van der Waals surface area contributed by atoms with Crippen LogP contribution in [-0.4, -0.2) is 110 Å². The molecule has 0 aliphatic carbocycles. The van der Waals surface area contributed by atoms with Crippen molar-refractivity contribution < 1.29 is 51.7 Å². The fourth-order valence-electron chi connectivity index (χ4n) is 7.94. The number of quaternary nitrogens is 2. The quantitative estimate of drug-likeness (QED) is 0.0748. The van der Waals surface area contributed by atoms with Gasteiger partial charge in [0.05, 0.1) is 82.4 Å². The van der Waals surface area contributed by atoms with Crippen LogP contribution in [0.4, 0.5) is 0 Å². The molecule has 286 valence electrons. The number of fused-ring (bicyclic) bond motifs is 1. The Kier molecular flexibility index (Phi) is 13.3. The summed E-state index contributed by atoms with van der Waals surface area (Å²) in [7, 11) is 12.8. The molecular formula is C42H56N2O9+2. The Hall–Kier alpha value is -4.74. The molecule has 0 saturated carbocycles. The minimum absolute atomic E-state index is 0.153. The van der Waals surface area contributed by atoms with E-state index in [9.17, 15) is 9.59 Å². The van der Waals surface area contributed by atoms with E-state index in [1.807, 2.05) is 24.3 Å². The van der Waals surface area contributed by atoms with Crippen molar-refractivity contribution in [1.82, 2.24) is 0 Å². The molecular weight excluding hydrogens is 676 g/mol. The van der Waals surface area contributed by atoms with E-state index < -0.39 is 11.9 Å². The SMILES string of the molecule is COc1ccc(CC2c3cc(OC)c(OC)cc3CC[N+]2(C)CCCOC(=O)/C=C\C(=O)OCC2CC[N+](C)(Cc3ccc(OC)c(OC)c3)C2)cc1. The Morgan fingerprint density at radius 2 is 1.38 bits per heavy atom. The van der Waals surface area contributed by atoms with Gasteiger partial charge in [0.25, 0.3) is 0 Å². The summed E-state index contributed by atoms with van der Waals surface area (Å²) in [5, 5.41) is 0. The van der Waals surface area contributed by atoms with Crippen LogP contribution in [0.15, 0.2) is 66.7 Å². The number of nitrogens with zero attached hydrogens (tertiary/aromatic N) is 2. The van der Waals surface area contributed by atoms with E-state index >= 15 is 0 Å². The molecule has 2 heterocycles. The molecule has 3 aromatic carbocycles. The molecule has 4 unspecified atom stereocenters. The Morgan fingerprint density at radius 1 is 0.736 bits per heavy atom. The van der Waals surface area contributed by atoms with Crippen molar-refractivity contribution in [3.05, 3.63) is 89.0 Å². The molecule has 2 aliphatic heterocycles. The van der Waals surface area contributed by atoms with Crippen molar-refractivity contribution in [2.75, 3.05) is 89.0 Å². The first kappa shape index (κ1) is 39.5. The van der Waals surface area contributed by atoms with Gasteiger partial charge in [-0.15, -0.1) is 0 Å². The van der Waals surface area contributed by atoms with E-state index in [1.54, 1.807) is 35.5 Å². The molecule has 0 aromatic heterocycles. The summed E-state index contributed by atoms with van der Waals surface area (Å²) in [4.78, 5) is 25.1. The number of benzene rings is 3. The fraction of sp³-hybridized carbons (Fsp3) is 0.476. The van der Waals surface area contributed by atoms with E-state index in [1.165, 1.54) is 16.7 Å². The molecule has 3 aromatic rings. The first-order valence-electron chi connectivity index (χ1n) is 18.3. The van der Waals surface area contributed by atoms with Crippen molar-refractivity contribution in [2.24, 2.45) is 5.92 Å². The lowest BCUT2D eigenvalue weighted by Gasteiger charge is -2.46. The number of likely N-dealkylation sites (N-methyl/N-ethyl adjacent to an activating group) is 1. The van der Waals surface area contributed by atoms with Gasteiger partial charge in [0.1, 0.15) is 24.9 Å². The summed E-state index contributed by atoms with van der Waals surface area (Å²) < 4.78 is 40.2. The third kappa shape index (κ3) is 10.0. The molecule has 4 atom stereocenters. The van der Waals surface area contributed by atoms with Gasteiger partial charge in [-0.3, -0.25) is 0 Å². The molecule has 11 nitrogen and oxygen atoms in total. The molecule has 0 amide bonds. The van der Waals surface area contributed by atoms with Gasteiger partial charge in [-0.1, -0.05) is 12.1 Å². The number of carbonyl (C=O) groups is 2. The highest BCUT2D eigenvalue weighted by Crippen LogP contribution is 2.42. The van der Waals surface area contributed by atoms with Crippen LogP contribution in [0.25, 0.3) is 0 Å². The number of methoxy groups -OCH3 is 5. The fourth-order valence-corrected chi connectivity index (χ4v) is 7.94. The summed E-state index contributed by atoms with van der Waals surface area (Å²) in [6.45, 7) is 5.01. The zero-order valence-electron chi connectivity index (χ0n) is 32.4. The summed E-state index contributed by atoms with van der Waals surface area (Å²) in [6.07, 6.45) is 5.67. The average Bonchev–Trinajstić information content (AvgIpc) is 3.55. The van der Waals surface area contributed by atoms with Gasteiger partial charge in [0.2, 0.25) is 0 Å². The number of likely N-dealkylation sites (tertiary alicyclic amines) is 1. The minimum atomic E-state index is -0.555. The molecule has 11 heteroatoms. The molecule has 2 aliphatic rings. The molecule has 1 saturated heterocycles. The minimum Gasteiger partial charge on any atom is -0.497 e. The summed E-state index contributed by atoms with van der Waals surface area (Å²) >= 11 is 0. The van der Waals surface area contributed by atoms with Crippen molar-refractivity contribution >= 4 is 11.9 Å². The molecule has 5 rings (SSSR count). The second-order valence-corrected chi connectivity index (χ2v) is 14.7. The van der Waals surface area contributed by atoms with Gasteiger partial charge in [-0.2, -0.15) is 0 Å². The second kappa shape index (κ2) is 17.9. The number of rotatable bonds is 17. The van der Waals surface area contributed by atoms with Crippen molar-refractivity contribution in [3.8, 4) is 28.7 Å². The summed E-state index contributed by atoms with van der Waals surface area (Å²) in [6, 6.07) is 18.6. The van der Waals surface area contributed by atoms with Crippen molar-refractivity contribution in [2.45, 2.75) is 38.3 Å². The van der Waals surface area contributed by atoms with E-state index in [0.29, 0.717) is 30.3 Å². The molecule has 1 fully saturated rings. The highest BCUT2D eigenvalue weighted by Gasteiger charge is 2.40. The number of hydrogen-bond acceptors (Lipinski definition) is 9. The van der Waals surface area contributed by atoms with Gasteiger partial charge in [0, 0.05) is 54.9 Å². The zero-order chi connectivity index (χ0) is 38.0. The Bertz CT molecular complexity index is 1740. The van der Waals surface area contributed by atoms with Gasteiger partial charge < -0.3 is 42.1 Å². The van der Waals surface area contributed by atoms with Crippen molar-refractivity contribution in [3.63, 3.8) is 0 Å². The summed E-state index contributed by atoms with van der Waals surface area (Å²) in [5.41, 5.74) is 4.87. The van der Waals surface area contributed by atoms with Gasteiger partial charge in [0.15, 0.2) is 23.0 Å². The van der Waals surface area contributed by atoms with Gasteiger partial charge >= 0.3 is 11.9 Å². The summed E-state index contributed by atoms with van der Waals surface area (Å²) in [5.74, 6) is 2.84. The number of carbonyl (C=O) groups excluding carboxylic acids is 2. The topological polar surface area (TPSA) is 98.8 Å². The van der Waals surface area contributed by atoms with E-state index in [0.717, 1.165) is 90.2 Å². The van der Waals surface area contributed by atoms with Crippen LogP contribution < -0.4 is 23.7 Å². The van der Waals surface area contributed by atoms with Gasteiger partial charge in [-0.05, 0) is 53.6 Å². The smallest absolute Gasteiger partial charge is 0.331 e. The van der Waals surface area contributed by atoms with E-state index in [4.69, 9.17) is 33.2 Å². The average molecular weight is 733 g/mol. The monoisotopic (exact) mass is 732 g/mol. The van der Waals surface area contributed by atoms with Crippen LogP contribution in [0.2, 0.25) is 0 Å². The molecule has 0 radical (unpaired) electrons. The first-order valence-corrected chi connectivity index (χ1v) is 18.3. The zero-order valence-corrected chi connectivity index (χ0v) is 32.4. The second-order valence-electron chi connectivity index (χ2n) is 14.7. The third-order valence-electron chi connectivity index (χ3n) is 10.9. The van der Waals surface area contributed by atoms with Crippen LogP contribution in [0.5, 0.6) is 28.7 Å². The van der Waals surface area contributed by atoms with Crippen LogP contribution in [0.1, 0.15) is 41.1 Å². The van der Waals surface area contributed by atoms with Crippen molar-refractivity contribution in [1.29, 1.82) is 0 Å². The first-order chi connectivity index (χ1) is 25.5. The number of hydrogen-bond donors (Lipinski definition) is 0. The molecule has 0 bridgehead atoms. The van der Waals surface area contributed by atoms with Gasteiger partial charge in [-0.25, -0.2) is 9.59 Å². The standard InChI is InChI=1S/C42H56N2O9/c1-43(27-31-11-14-37(48-4)38(24-31)49-5)20-17-32(28-43)29-53-42(46)16-15-41(45)52-22-8-19-44(2)21-18-33-25-39(50-6)40(51-7)26-35(33)36(44)23-30-9-12-34(47-3)13-10-30/h9-16,24-26,32,36H,8,17-23,27-29H2,1-7H3/q+2/b16-15-. The van der Waals surface area contributed by atoms with Crippen LogP contribution >= 0.6 is 0 Å². The number of esters is 2. The number of ether oxygens (including phenoxy) is 7. The lowest BCUT2D eigenvalue weighted by atomic mass is 9.86. The maximum Gasteiger partial charge on any atom is 0.331 e. The third-order valence-corrected chi connectivity index (χ3v) is 10.9.